The second-order valence-electron chi connectivity index (χ2n) is 15.3. The van der Waals surface area contributed by atoms with Crippen LogP contribution in [0.15, 0.2) is 206 Å². The van der Waals surface area contributed by atoms with Gasteiger partial charge in [0.15, 0.2) is 0 Å². The van der Waals surface area contributed by atoms with Gasteiger partial charge in [-0.25, -0.2) is 0 Å². The molecule has 2 aromatic heterocycles. The van der Waals surface area contributed by atoms with Crippen molar-refractivity contribution in [3.05, 3.63) is 212 Å². The minimum atomic E-state index is 0.561. The highest BCUT2D eigenvalue weighted by atomic mass is 16.5. The van der Waals surface area contributed by atoms with E-state index in [1.165, 1.54) is 93.8 Å². The first kappa shape index (κ1) is 32.6. The van der Waals surface area contributed by atoms with E-state index in [2.05, 4.69) is 215 Å². The van der Waals surface area contributed by atoms with Crippen LogP contribution in [0.5, 0.6) is 5.75 Å². The van der Waals surface area contributed by atoms with E-state index in [9.17, 15) is 0 Å². The molecule has 0 spiro atoms. The maximum Gasteiger partial charge on any atom is 0.127 e. The zero-order valence-corrected chi connectivity index (χ0v) is 31.6. The Morgan fingerprint density at radius 1 is 0.345 bits per heavy atom. The van der Waals surface area contributed by atoms with E-state index in [0.29, 0.717) is 6.61 Å². The molecule has 0 aliphatic carbocycles. The van der Waals surface area contributed by atoms with Crippen molar-refractivity contribution in [2.24, 2.45) is 0 Å². The van der Waals surface area contributed by atoms with Gasteiger partial charge < -0.3 is 13.9 Å². The summed E-state index contributed by atoms with van der Waals surface area (Å²) in [6.07, 6.45) is 0. The maximum atomic E-state index is 6.19. The van der Waals surface area contributed by atoms with E-state index in [-0.39, 0.29) is 0 Å². The molecule has 0 saturated carbocycles. The first-order valence-corrected chi connectivity index (χ1v) is 19.9. The molecule has 11 aromatic rings. The molecule has 0 fully saturated rings. The number of hydrogen-bond acceptors (Lipinski definition) is 1. The monoisotopic (exact) mass is 740 g/mol. The fraction of sp³-hybridized carbons (Fsp3) is 0.0182. The fourth-order valence-corrected chi connectivity index (χ4v) is 9.29. The molecule has 0 radical (unpaired) electrons. The normalized spacial score (nSPS) is 12.2. The lowest BCUT2D eigenvalue weighted by Gasteiger charge is -2.24. The third-order valence-electron chi connectivity index (χ3n) is 12.0. The van der Waals surface area contributed by atoms with Gasteiger partial charge in [-0.05, 0) is 93.5 Å². The SMILES string of the molecule is c1ccc(-c2ccc(-n3c4cc(-c5ccccc5)ccc4c4ccc(-c5ccc6c(c5)c5ccccc5n6-c5cccc6c5-c5ccccc5OC6)cc43)cc2)cc1. The average molecular weight is 741 g/mol. The fourth-order valence-electron chi connectivity index (χ4n) is 9.29. The number of ether oxygens (including phenoxy) is 1. The lowest BCUT2D eigenvalue weighted by molar-refractivity contribution is 0.302. The van der Waals surface area contributed by atoms with E-state index in [0.717, 1.165) is 17.0 Å². The van der Waals surface area contributed by atoms with Crippen LogP contribution in [0.1, 0.15) is 5.56 Å². The Hall–Kier alpha value is -7.62. The van der Waals surface area contributed by atoms with Gasteiger partial charge in [0.1, 0.15) is 12.4 Å². The molecule has 3 heteroatoms. The van der Waals surface area contributed by atoms with Crippen molar-refractivity contribution in [2.45, 2.75) is 6.61 Å². The summed E-state index contributed by atoms with van der Waals surface area (Å²) in [5.74, 6) is 0.932. The highest BCUT2D eigenvalue weighted by Gasteiger charge is 2.23. The van der Waals surface area contributed by atoms with Crippen LogP contribution in [0.4, 0.5) is 0 Å². The van der Waals surface area contributed by atoms with E-state index in [1.54, 1.807) is 0 Å². The minimum absolute atomic E-state index is 0.561. The van der Waals surface area contributed by atoms with Crippen molar-refractivity contribution in [1.82, 2.24) is 9.13 Å². The first-order valence-electron chi connectivity index (χ1n) is 19.9. The number of aromatic nitrogens is 2. The lowest BCUT2D eigenvalue weighted by Crippen LogP contribution is -2.08. The topological polar surface area (TPSA) is 19.1 Å². The van der Waals surface area contributed by atoms with Crippen LogP contribution in [0.25, 0.3) is 99.5 Å². The van der Waals surface area contributed by atoms with Gasteiger partial charge in [-0.15, -0.1) is 0 Å². The molecule has 1 aliphatic rings. The molecule has 0 unspecified atom stereocenters. The van der Waals surface area contributed by atoms with Crippen molar-refractivity contribution in [2.75, 3.05) is 0 Å². The van der Waals surface area contributed by atoms with Gasteiger partial charge in [0.25, 0.3) is 0 Å². The van der Waals surface area contributed by atoms with Crippen LogP contribution in [0, 0.1) is 0 Å². The number of hydrogen-bond donors (Lipinski definition) is 0. The summed E-state index contributed by atoms with van der Waals surface area (Å²) in [4.78, 5) is 0. The maximum absolute atomic E-state index is 6.19. The summed E-state index contributed by atoms with van der Waals surface area (Å²) >= 11 is 0. The molecule has 9 aromatic carbocycles. The van der Waals surface area contributed by atoms with Crippen LogP contribution >= 0.6 is 0 Å². The van der Waals surface area contributed by atoms with Gasteiger partial charge in [0, 0.05) is 38.4 Å². The lowest BCUT2D eigenvalue weighted by atomic mass is 9.95. The zero-order valence-electron chi connectivity index (χ0n) is 31.6. The number of para-hydroxylation sites is 2. The summed E-state index contributed by atoms with van der Waals surface area (Å²) < 4.78 is 11.1. The van der Waals surface area contributed by atoms with Crippen molar-refractivity contribution in [3.63, 3.8) is 0 Å². The van der Waals surface area contributed by atoms with Gasteiger partial charge in [0.2, 0.25) is 0 Å². The Bertz CT molecular complexity index is 3370. The van der Waals surface area contributed by atoms with Gasteiger partial charge in [-0.3, -0.25) is 0 Å². The number of rotatable bonds is 5. The molecule has 0 saturated heterocycles. The average Bonchev–Trinajstić information content (AvgIpc) is 3.81. The molecular weight excluding hydrogens is 705 g/mol. The predicted molar refractivity (Wildman–Crippen MR) is 241 cm³/mol. The molecule has 0 bridgehead atoms. The Morgan fingerprint density at radius 2 is 0.897 bits per heavy atom. The molecule has 3 nitrogen and oxygen atoms in total. The largest absolute Gasteiger partial charge is 0.488 e. The van der Waals surface area contributed by atoms with Gasteiger partial charge in [-0.2, -0.15) is 0 Å². The number of nitrogens with zero attached hydrogens (tertiary/aromatic N) is 2. The summed E-state index contributed by atoms with van der Waals surface area (Å²) in [5.41, 5.74) is 17.8. The quantitative estimate of drug-likeness (QED) is 0.172. The molecule has 0 amide bonds. The standard InChI is InChI=1S/C55H36N2O/c1-3-12-36(13-4-1)38-22-27-43(28-23-38)56-52-33-40(37-14-5-2-6-15-37)24-29-45(52)46-30-25-41(34-53(46)56)39-26-31-50-48(32-39)44-17-7-9-19-49(44)57(50)51-20-11-16-42-35-58-54-21-10-8-18-47(54)55(42)51/h1-34H,35H2. The van der Waals surface area contributed by atoms with E-state index >= 15 is 0 Å². The van der Waals surface area contributed by atoms with Crippen molar-refractivity contribution < 1.29 is 4.74 Å². The summed E-state index contributed by atoms with van der Waals surface area (Å²) in [7, 11) is 0. The van der Waals surface area contributed by atoms with Crippen LogP contribution in [0.3, 0.4) is 0 Å². The van der Waals surface area contributed by atoms with Crippen molar-refractivity contribution >= 4 is 43.6 Å². The van der Waals surface area contributed by atoms with Crippen molar-refractivity contribution in [1.29, 1.82) is 0 Å². The first-order chi connectivity index (χ1) is 28.8. The number of benzene rings is 9. The van der Waals surface area contributed by atoms with E-state index < -0.39 is 0 Å². The Balaban J connectivity index is 1.05. The van der Waals surface area contributed by atoms with Gasteiger partial charge >= 0.3 is 0 Å². The second-order valence-corrected chi connectivity index (χ2v) is 15.3. The second kappa shape index (κ2) is 13.0. The van der Waals surface area contributed by atoms with Crippen LogP contribution < -0.4 is 4.74 Å². The Morgan fingerprint density at radius 3 is 1.66 bits per heavy atom. The molecule has 3 heterocycles. The van der Waals surface area contributed by atoms with E-state index in [1.807, 2.05) is 0 Å². The number of fused-ring (bicyclic) bond motifs is 9. The molecule has 272 valence electrons. The van der Waals surface area contributed by atoms with Crippen molar-refractivity contribution in [3.8, 4) is 61.6 Å². The molecule has 1 aliphatic heterocycles. The summed E-state index contributed by atoms with van der Waals surface area (Å²) in [6.45, 7) is 0.561. The van der Waals surface area contributed by atoms with Crippen LogP contribution in [0.2, 0.25) is 0 Å². The molecule has 0 atom stereocenters. The highest BCUT2D eigenvalue weighted by Crippen LogP contribution is 2.44. The van der Waals surface area contributed by atoms with Gasteiger partial charge in [0.05, 0.1) is 27.8 Å². The Kier molecular flexibility index (Phi) is 7.29. The molecule has 58 heavy (non-hydrogen) atoms. The molecular formula is C55H36N2O. The van der Waals surface area contributed by atoms with Gasteiger partial charge in [-0.1, -0.05) is 152 Å². The zero-order chi connectivity index (χ0) is 38.2. The third kappa shape index (κ3) is 5.07. The molecule has 12 rings (SSSR count). The van der Waals surface area contributed by atoms with E-state index in [4.69, 9.17) is 4.74 Å². The third-order valence-corrected chi connectivity index (χ3v) is 12.0. The highest BCUT2D eigenvalue weighted by molar-refractivity contribution is 6.13. The summed E-state index contributed by atoms with van der Waals surface area (Å²) in [6, 6.07) is 75.0. The summed E-state index contributed by atoms with van der Waals surface area (Å²) in [5, 5.41) is 4.95. The predicted octanol–water partition coefficient (Wildman–Crippen LogP) is 14.4. The van der Waals surface area contributed by atoms with Crippen LogP contribution in [-0.4, -0.2) is 9.13 Å². The Labute approximate surface area is 336 Å². The smallest absolute Gasteiger partial charge is 0.127 e. The van der Waals surface area contributed by atoms with Crippen LogP contribution in [-0.2, 0) is 6.61 Å². The molecule has 0 N–H and O–H groups in total. The minimum Gasteiger partial charge on any atom is -0.488 e.